The number of carboxylic acids is 1. The highest BCUT2D eigenvalue weighted by atomic mass is 16.5. The van der Waals surface area contributed by atoms with Crippen LogP contribution in [0.2, 0.25) is 0 Å². The lowest BCUT2D eigenvalue weighted by atomic mass is 10.1. The van der Waals surface area contributed by atoms with E-state index in [9.17, 15) is 9.90 Å². The number of hydrogen-bond donors (Lipinski definition) is 1. The second kappa shape index (κ2) is 8.46. The quantitative estimate of drug-likeness (QED) is 0.743. The number of benzene rings is 1. The maximum atomic E-state index is 11.2. The summed E-state index contributed by atoms with van der Waals surface area (Å²) in [5.41, 5.74) is 0.180. The number of ether oxygens (including phenoxy) is 2. The molecule has 0 amide bonds. The summed E-state index contributed by atoms with van der Waals surface area (Å²) >= 11 is 0. The van der Waals surface area contributed by atoms with E-state index in [0.717, 1.165) is 19.3 Å². The van der Waals surface area contributed by atoms with Crippen LogP contribution in [-0.4, -0.2) is 24.3 Å². The van der Waals surface area contributed by atoms with Crippen LogP contribution in [0.1, 0.15) is 50.4 Å². The fourth-order valence-electron chi connectivity index (χ4n) is 1.84. The first-order valence-corrected chi connectivity index (χ1v) is 7.25. The van der Waals surface area contributed by atoms with Gasteiger partial charge in [-0.05, 0) is 24.5 Å². The van der Waals surface area contributed by atoms with Crippen LogP contribution < -0.4 is 9.47 Å². The third-order valence-electron chi connectivity index (χ3n) is 3.29. The van der Waals surface area contributed by atoms with Crippen molar-refractivity contribution in [1.29, 1.82) is 0 Å². The SMILES string of the molecule is CCCOc1ccc(C(=O)O)c(OCC(CC)CC)c1. The molecular formula is C16H24O4. The fraction of sp³-hybridized carbons (Fsp3) is 0.562. The summed E-state index contributed by atoms with van der Waals surface area (Å²) in [6.45, 7) is 7.38. The molecule has 4 nitrogen and oxygen atoms in total. The summed E-state index contributed by atoms with van der Waals surface area (Å²) in [5, 5.41) is 9.19. The summed E-state index contributed by atoms with van der Waals surface area (Å²) in [4.78, 5) is 11.2. The monoisotopic (exact) mass is 280 g/mol. The largest absolute Gasteiger partial charge is 0.493 e. The lowest BCUT2D eigenvalue weighted by Gasteiger charge is -2.16. The van der Waals surface area contributed by atoms with Crippen LogP contribution >= 0.6 is 0 Å². The minimum atomic E-state index is -0.980. The molecule has 0 aliphatic carbocycles. The normalized spacial score (nSPS) is 10.6. The molecule has 20 heavy (non-hydrogen) atoms. The summed E-state index contributed by atoms with van der Waals surface area (Å²) in [7, 11) is 0. The molecule has 0 atom stereocenters. The van der Waals surface area contributed by atoms with Crippen molar-refractivity contribution < 1.29 is 19.4 Å². The van der Waals surface area contributed by atoms with Crippen molar-refractivity contribution in [3.05, 3.63) is 23.8 Å². The van der Waals surface area contributed by atoms with Gasteiger partial charge in [0.2, 0.25) is 0 Å². The molecule has 0 aromatic heterocycles. The molecule has 0 aliphatic heterocycles. The molecule has 0 saturated heterocycles. The second-order valence-corrected chi connectivity index (χ2v) is 4.81. The highest BCUT2D eigenvalue weighted by molar-refractivity contribution is 5.91. The van der Waals surface area contributed by atoms with Gasteiger partial charge in [-0.15, -0.1) is 0 Å². The maximum absolute atomic E-state index is 11.2. The van der Waals surface area contributed by atoms with Crippen LogP contribution in [0.25, 0.3) is 0 Å². The van der Waals surface area contributed by atoms with Crippen LogP contribution in [0, 0.1) is 5.92 Å². The zero-order valence-corrected chi connectivity index (χ0v) is 12.5. The Labute approximate surface area is 120 Å². The number of rotatable bonds is 9. The summed E-state index contributed by atoms with van der Waals surface area (Å²) in [6, 6.07) is 4.88. The van der Waals surface area contributed by atoms with Crippen LogP contribution in [0.15, 0.2) is 18.2 Å². The van der Waals surface area contributed by atoms with Crippen molar-refractivity contribution in [3.63, 3.8) is 0 Å². The molecule has 0 aliphatic rings. The third kappa shape index (κ3) is 4.76. The number of carboxylic acid groups (broad SMARTS) is 1. The Morgan fingerprint density at radius 3 is 2.45 bits per heavy atom. The van der Waals surface area contributed by atoms with E-state index in [-0.39, 0.29) is 5.56 Å². The number of aromatic carboxylic acids is 1. The first-order valence-electron chi connectivity index (χ1n) is 7.25. The molecule has 0 saturated carbocycles. The van der Waals surface area contributed by atoms with E-state index < -0.39 is 5.97 Å². The molecule has 0 unspecified atom stereocenters. The van der Waals surface area contributed by atoms with E-state index >= 15 is 0 Å². The molecule has 0 bridgehead atoms. The Morgan fingerprint density at radius 2 is 1.90 bits per heavy atom. The van der Waals surface area contributed by atoms with Crippen molar-refractivity contribution in [2.24, 2.45) is 5.92 Å². The van der Waals surface area contributed by atoms with Gasteiger partial charge < -0.3 is 14.6 Å². The van der Waals surface area contributed by atoms with Crippen LogP contribution in [0.5, 0.6) is 11.5 Å². The summed E-state index contributed by atoms with van der Waals surface area (Å²) < 4.78 is 11.2. The lowest BCUT2D eigenvalue weighted by molar-refractivity contribution is 0.0691. The lowest BCUT2D eigenvalue weighted by Crippen LogP contribution is -2.12. The highest BCUT2D eigenvalue weighted by Crippen LogP contribution is 2.26. The topological polar surface area (TPSA) is 55.8 Å². The minimum absolute atomic E-state index is 0.180. The Balaban J connectivity index is 2.85. The van der Waals surface area contributed by atoms with E-state index in [0.29, 0.717) is 30.6 Å². The molecule has 0 spiro atoms. The van der Waals surface area contributed by atoms with Crippen molar-refractivity contribution in [3.8, 4) is 11.5 Å². The number of carbonyl (C=O) groups is 1. The van der Waals surface area contributed by atoms with Crippen LogP contribution in [-0.2, 0) is 0 Å². The van der Waals surface area contributed by atoms with Crippen molar-refractivity contribution >= 4 is 5.97 Å². The molecule has 1 aromatic rings. The smallest absolute Gasteiger partial charge is 0.339 e. The molecule has 4 heteroatoms. The third-order valence-corrected chi connectivity index (χ3v) is 3.29. The van der Waals surface area contributed by atoms with Crippen molar-refractivity contribution in [2.75, 3.05) is 13.2 Å². The molecule has 1 N–H and O–H groups in total. The van der Waals surface area contributed by atoms with Gasteiger partial charge >= 0.3 is 5.97 Å². The van der Waals surface area contributed by atoms with Gasteiger partial charge in [-0.2, -0.15) is 0 Å². The Morgan fingerprint density at radius 1 is 1.20 bits per heavy atom. The summed E-state index contributed by atoms with van der Waals surface area (Å²) in [6.07, 6.45) is 2.94. The Bertz CT molecular complexity index is 424. The van der Waals surface area contributed by atoms with Gasteiger partial charge in [0, 0.05) is 6.07 Å². The standard InChI is InChI=1S/C16H24O4/c1-4-9-19-13-7-8-14(16(17)18)15(10-13)20-11-12(5-2)6-3/h7-8,10,12H,4-6,9,11H2,1-3H3,(H,17,18). The van der Waals surface area contributed by atoms with Gasteiger partial charge in [0.1, 0.15) is 17.1 Å². The van der Waals surface area contributed by atoms with Gasteiger partial charge in [0.15, 0.2) is 0 Å². The van der Waals surface area contributed by atoms with Crippen molar-refractivity contribution in [2.45, 2.75) is 40.0 Å². The molecule has 0 heterocycles. The summed E-state index contributed by atoms with van der Waals surface area (Å²) in [5.74, 6) is 0.498. The molecule has 0 radical (unpaired) electrons. The van der Waals surface area contributed by atoms with Crippen LogP contribution in [0.4, 0.5) is 0 Å². The van der Waals surface area contributed by atoms with E-state index in [1.807, 2.05) is 6.92 Å². The zero-order chi connectivity index (χ0) is 15.0. The minimum Gasteiger partial charge on any atom is -0.493 e. The molecule has 1 aromatic carbocycles. The fourth-order valence-corrected chi connectivity index (χ4v) is 1.84. The predicted octanol–water partition coefficient (Wildman–Crippen LogP) is 3.99. The highest BCUT2D eigenvalue weighted by Gasteiger charge is 2.14. The average molecular weight is 280 g/mol. The second-order valence-electron chi connectivity index (χ2n) is 4.81. The van der Waals surface area contributed by atoms with Gasteiger partial charge in [-0.3, -0.25) is 0 Å². The van der Waals surface area contributed by atoms with Gasteiger partial charge in [0.25, 0.3) is 0 Å². The molecule has 0 fully saturated rings. The van der Waals surface area contributed by atoms with E-state index in [1.165, 1.54) is 6.07 Å². The Hall–Kier alpha value is -1.71. The van der Waals surface area contributed by atoms with E-state index in [1.54, 1.807) is 12.1 Å². The number of hydrogen-bond acceptors (Lipinski definition) is 3. The predicted molar refractivity (Wildman–Crippen MR) is 78.8 cm³/mol. The average Bonchev–Trinajstić information content (AvgIpc) is 2.46. The molecule has 1 rings (SSSR count). The van der Waals surface area contributed by atoms with Crippen molar-refractivity contribution in [1.82, 2.24) is 0 Å². The Kier molecular flexibility index (Phi) is 6.91. The molecule has 112 valence electrons. The van der Waals surface area contributed by atoms with Gasteiger partial charge in [-0.25, -0.2) is 4.79 Å². The molecular weight excluding hydrogens is 256 g/mol. The van der Waals surface area contributed by atoms with Crippen LogP contribution in [0.3, 0.4) is 0 Å². The van der Waals surface area contributed by atoms with Gasteiger partial charge in [0.05, 0.1) is 13.2 Å². The maximum Gasteiger partial charge on any atom is 0.339 e. The van der Waals surface area contributed by atoms with E-state index in [2.05, 4.69) is 13.8 Å². The first kappa shape index (κ1) is 16.3. The first-order chi connectivity index (χ1) is 9.62. The van der Waals surface area contributed by atoms with E-state index in [4.69, 9.17) is 9.47 Å². The van der Waals surface area contributed by atoms with Gasteiger partial charge in [-0.1, -0.05) is 33.6 Å². The zero-order valence-electron chi connectivity index (χ0n) is 12.5.